The van der Waals surface area contributed by atoms with Crippen molar-refractivity contribution < 1.29 is 13.2 Å². The van der Waals surface area contributed by atoms with E-state index in [1.54, 1.807) is 24.2 Å². The zero-order valence-corrected chi connectivity index (χ0v) is 16.7. The molecule has 0 aliphatic carbocycles. The first-order valence-corrected chi connectivity index (χ1v) is 10.8. The van der Waals surface area contributed by atoms with Crippen molar-refractivity contribution in [3.8, 4) is 0 Å². The second kappa shape index (κ2) is 7.77. The number of carbonyl (C=O) groups excluding carboxylic acids is 1. The molecular formula is C18H25N5O3S. The number of hydrogen-bond donors (Lipinski definition) is 1. The Balaban J connectivity index is 1.66. The van der Waals surface area contributed by atoms with Gasteiger partial charge < -0.3 is 4.90 Å². The number of pyridine rings is 1. The van der Waals surface area contributed by atoms with Crippen LogP contribution in [0.5, 0.6) is 0 Å². The lowest BCUT2D eigenvalue weighted by atomic mass is 9.95. The van der Waals surface area contributed by atoms with Crippen molar-refractivity contribution in [1.82, 2.24) is 24.4 Å². The van der Waals surface area contributed by atoms with Gasteiger partial charge in [0.05, 0.1) is 24.1 Å². The summed E-state index contributed by atoms with van der Waals surface area (Å²) < 4.78 is 25.1. The van der Waals surface area contributed by atoms with Crippen molar-refractivity contribution in [3.05, 3.63) is 47.0 Å². The molecule has 146 valence electrons. The second-order valence-electron chi connectivity index (χ2n) is 7.14. The molecule has 1 amide bonds. The predicted molar refractivity (Wildman–Crippen MR) is 102 cm³/mol. The number of aryl methyl sites for hydroxylation is 1. The van der Waals surface area contributed by atoms with Crippen molar-refractivity contribution in [2.45, 2.75) is 32.2 Å². The molecule has 3 rings (SSSR count). The van der Waals surface area contributed by atoms with Gasteiger partial charge in [-0.2, -0.15) is 5.10 Å². The predicted octanol–water partition coefficient (Wildman–Crippen LogP) is 1.52. The summed E-state index contributed by atoms with van der Waals surface area (Å²) in [6, 6.07) is 5.49. The van der Waals surface area contributed by atoms with Crippen LogP contribution in [-0.2, 0) is 16.6 Å². The van der Waals surface area contributed by atoms with Crippen LogP contribution in [0.15, 0.2) is 24.4 Å². The Bertz CT molecular complexity index is 907. The smallest absolute Gasteiger partial charge is 0.255 e. The molecule has 1 N–H and O–H groups in total. The summed E-state index contributed by atoms with van der Waals surface area (Å²) >= 11 is 0. The van der Waals surface area contributed by atoms with E-state index >= 15 is 0 Å². The van der Waals surface area contributed by atoms with Gasteiger partial charge in [-0.05, 0) is 38.0 Å². The summed E-state index contributed by atoms with van der Waals surface area (Å²) in [5.74, 6) is -0.0708. The summed E-state index contributed by atoms with van der Waals surface area (Å²) in [5, 5.41) is 7.01. The first kappa shape index (κ1) is 19.5. The lowest BCUT2D eigenvalue weighted by Gasteiger charge is -2.30. The Morgan fingerprint density at radius 3 is 2.78 bits per heavy atom. The van der Waals surface area contributed by atoms with Gasteiger partial charge >= 0.3 is 0 Å². The Labute approximate surface area is 159 Å². The highest BCUT2D eigenvalue weighted by Gasteiger charge is 2.27. The molecule has 0 aromatic carbocycles. The van der Waals surface area contributed by atoms with Crippen molar-refractivity contribution in [3.63, 3.8) is 0 Å². The van der Waals surface area contributed by atoms with Crippen molar-refractivity contribution in [1.29, 1.82) is 0 Å². The molecule has 3 heterocycles. The number of amides is 1. The fraction of sp³-hybridized carbons (Fsp3) is 0.500. The van der Waals surface area contributed by atoms with E-state index in [0.717, 1.165) is 29.9 Å². The van der Waals surface area contributed by atoms with Crippen LogP contribution < -0.4 is 0 Å². The van der Waals surface area contributed by atoms with Gasteiger partial charge in [-0.15, -0.1) is 0 Å². The number of nitrogens with zero attached hydrogens (tertiary/aromatic N) is 4. The number of H-pyrrole nitrogens is 1. The van der Waals surface area contributed by atoms with Gasteiger partial charge in [0.1, 0.15) is 0 Å². The van der Waals surface area contributed by atoms with Gasteiger partial charge in [0.15, 0.2) is 0 Å². The molecule has 0 spiro atoms. The van der Waals surface area contributed by atoms with Gasteiger partial charge in [-0.3, -0.25) is 14.9 Å². The molecule has 1 fully saturated rings. The molecule has 9 heteroatoms. The second-order valence-corrected chi connectivity index (χ2v) is 9.12. The minimum atomic E-state index is -3.19. The van der Waals surface area contributed by atoms with E-state index in [4.69, 9.17) is 0 Å². The summed E-state index contributed by atoms with van der Waals surface area (Å²) in [6.07, 6.45) is 4.52. The van der Waals surface area contributed by atoms with Crippen LogP contribution in [0.1, 0.15) is 46.2 Å². The zero-order valence-electron chi connectivity index (χ0n) is 15.8. The Kier molecular flexibility index (Phi) is 5.61. The lowest BCUT2D eigenvalue weighted by molar-refractivity contribution is 0.0783. The third kappa shape index (κ3) is 4.72. The van der Waals surface area contributed by atoms with Gasteiger partial charge in [0.2, 0.25) is 10.0 Å². The van der Waals surface area contributed by atoms with E-state index in [1.807, 2.05) is 19.1 Å². The maximum atomic E-state index is 12.6. The van der Waals surface area contributed by atoms with Gasteiger partial charge in [0.25, 0.3) is 5.91 Å². The lowest BCUT2D eigenvalue weighted by Crippen LogP contribution is -2.38. The molecule has 1 aliphatic rings. The quantitative estimate of drug-likeness (QED) is 0.833. The molecule has 1 unspecified atom stereocenters. The Morgan fingerprint density at radius 1 is 1.41 bits per heavy atom. The van der Waals surface area contributed by atoms with Crippen LogP contribution in [-0.4, -0.2) is 65.1 Å². The number of carbonyl (C=O) groups is 1. The SMILES string of the molecule is Cc1cc(CN(C)C(=O)c2ccc(C3CCCN(S(C)(=O)=O)C3)nc2)n[nH]1. The average molecular weight is 391 g/mol. The number of rotatable bonds is 5. The van der Waals surface area contributed by atoms with Gasteiger partial charge in [-0.25, -0.2) is 12.7 Å². The number of piperidine rings is 1. The van der Waals surface area contributed by atoms with Gasteiger partial charge in [-0.1, -0.05) is 0 Å². The maximum Gasteiger partial charge on any atom is 0.255 e. The van der Waals surface area contributed by atoms with Crippen LogP contribution >= 0.6 is 0 Å². The van der Waals surface area contributed by atoms with E-state index in [0.29, 0.717) is 25.2 Å². The highest BCUT2D eigenvalue weighted by Crippen LogP contribution is 2.27. The third-order valence-corrected chi connectivity index (χ3v) is 6.08. The van der Waals surface area contributed by atoms with Crippen molar-refractivity contribution in [2.24, 2.45) is 0 Å². The number of hydrogen-bond acceptors (Lipinski definition) is 5. The average Bonchev–Trinajstić information content (AvgIpc) is 3.05. The van der Waals surface area contributed by atoms with Crippen LogP contribution in [0.25, 0.3) is 0 Å². The van der Waals surface area contributed by atoms with E-state index in [2.05, 4.69) is 15.2 Å². The molecule has 27 heavy (non-hydrogen) atoms. The highest BCUT2D eigenvalue weighted by molar-refractivity contribution is 7.88. The first-order chi connectivity index (χ1) is 12.7. The third-order valence-electron chi connectivity index (χ3n) is 4.81. The molecule has 1 saturated heterocycles. The zero-order chi connectivity index (χ0) is 19.6. The normalized spacial score (nSPS) is 18.4. The van der Waals surface area contributed by atoms with E-state index in [9.17, 15) is 13.2 Å². The summed E-state index contributed by atoms with van der Waals surface area (Å²) in [5.41, 5.74) is 3.08. The molecule has 8 nitrogen and oxygen atoms in total. The fourth-order valence-electron chi connectivity index (χ4n) is 3.35. The highest BCUT2D eigenvalue weighted by atomic mass is 32.2. The summed E-state index contributed by atoms with van der Waals surface area (Å²) in [7, 11) is -1.46. The molecule has 0 bridgehead atoms. The monoisotopic (exact) mass is 391 g/mol. The molecule has 1 atom stereocenters. The van der Waals surface area contributed by atoms with Crippen LogP contribution in [0.2, 0.25) is 0 Å². The van der Waals surface area contributed by atoms with Gasteiger partial charge in [0, 0.05) is 43.6 Å². The van der Waals surface area contributed by atoms with Crippen molar-refractivity contribution in [2.75, 3.05) is 26.4 Å². The standard InChI is InChI=1S/C18H25N5O3S/c1-13-9-16(21-20-13)12-22(2)18(24)14-6-7-17(19-10-14)15-5-4-8-23(11-15)27(3,25)26/h6-7,9-10,15H,4-5,8,11-12H2,1-3H3,(H,20,21). The minimum Gasteiger partial charge on any atom is -0.336 e. The van der Waals surface area contributed by atoms with Crippen molar-refractivity contribution >= 4 is 15.9 Å². The maximum absolute atomic E-state index is 12.6. The topological polar surface area (TPSA) is 99.3 Å². The molecule has 2 aromatic heterocycles. The molecule has 0 radical (unpaired) electrons. The minimum absolute atomic E-state index is 0.0578. The number of nitrogens with one attached hydrogen (secondary N) is 1. The largest absolute Gasteiger partial charge is 0.336 e. The van der Waals surface area contributed by atoms with E-state index in [-0.39, 0.29) is 11.8 Å². The number of aromatic nitrogens is 3. The summed E-state index contributed by atoms with van der Waals surface area (Å²) in [6.45, 7) is 3.33. The summed E-state index contributed by atoms with van der Waals surface area (Å²) in [4.78, 5) is 18.6. The van der Waals surface area contributed by atoms with E-state index < -0.39 is 10.0 Å². The number of aromatic amines is 1. The fourth-order valence-corrected chi connectivity index (χ4v) is 4.26. The van der Waals surface area contributed by atoms with E-state index in [1.165, 1.54) is 10.6 Å². The Hall–Kier alpha value is -2.26. The first-order valence-electron chi connectivity index (χ1n) is 8.91. The molecule has 1 aliphatic heterocycles. The number of sulfonamides is 1. The van der Waals surface area contributed by atoms with Crippen LogP contribution in [0.3, 0.4) is 0 Å². The van der Waals surface area contributed by atoms with Crippen LogP contribution in [0.4, 0.5) is 0 Å². The molecule has 0 saturated carbocycles. The Morgan fingerprint density at radius 2 is 2.19 bits per heavy atom. The van der Waals surface area contributed by atoms with Crippen LogP contribution in [0, 0.1) is 6.92 Å². The molecule has 2 aromatic rings. The molecular weight excluding hydrogens is 366 g/mol.